The van der Waals surface area contributed by atoms with Crippen LogP contribution in [-0.2, 0) is 36.3 Å². The predicted molar refractivity (Wildman–Crippen MR) is 349 cm³/mol. The molecule has 2 aromatic heterocycles. The van der Waals surface area contributed by atoms with E-state index in [1.807, 2.05) is 97.1 Å². The number of carboxylic acid groups (broad SMARTS) is 1. The third-order valence-corrected chi connectivity index (χ3v) is 37.8. The number of nitrogens with zero attached hydrogens (tertiary/aromatic N) is 9. The first-order chi connectivity index (χ1) is 43.0. The first-order valence-corrected chi connectivity index (χ1v) is 45.1. The molecule has 9 N–H and O–H groups in total. The average Bonchev–Trinajstić information content (AvgIpc) is 1.51. The van der Waals surface area contributed by atoms with Gasteiger partial charge in [0, 0.05) is 0 Å². The van der Waals surface area contributed by atoms with Gasteiger partial charge in [0.15, 0.2) is 0 Å². The fourth-order valence-corrected chi connectivity index (χ4v) is 39.1. The Morgan fingerprint density at radius 3 is 1.32 bits per heavy atom. The zero-order valence-corrected chi connectivity index (χ0v) is 56.8. The standard InChI is InChI=1S/C59H76N11O15P3Si3/c1-89(2,38-15-30-60-49(71)28-13-14-29-51(73)74)84-91(85-90(3,4)39-16-31-61-50(72)40-70(32-17-35-86(75,76)77,33-18-36-87(78,79)80)34-19-37-88(81,82)83)66-52-41-20-5-6-21-42(41)53(66)63-55-45-24-9-10-25-46(45)57(68(55)91)65-59-48-27-12-11-26-47(48)58(69(59)91)64-56-44-23-8-7-22-43(44)54(62-52)67(56)91/h5-12,20-27H,13-19,28-40H2,1-4H3,(H8-,60,61,71,72,73,74,75,76,77,78,79,80,81,82,83)/p+1. The molecule has 6 aliphatic rings. The van der Waals surface area contributed by atoms with Crippen molar-refractivity contribution in [2.75, 3.05) is 57.8 Å². The van der Waals surface area contributed by atoms with Crippen molar-refractivity contribution in [2.45, 2.75) is 96.1 Å². The SMILES string of the molecule is C[Si](C)(CCCNC(=O)CCCCC(=O)O)O[Si-2]123(O[Si](C)(C)CCCNC(=O)C[N+](CCCP(=O)(O)O)(CCCP(=O)(O)O)CCCP(=O)(O)O)n4c5c6ccccc6c4N=C4c6ccccc6C(=[N+]41)N=c1c4ccccc4c(n12)=NC1=[N+]3C(=N5)c2ccccc21. The van der Waals surface area contributed by atoms with E-state index in [0.717, 1.165) is 43.8 Å². The molecule has 0 bridgehead atoms. The third-order valence-electron chi connectivity index (χ3n) is 18.4. The molecule has 12 rings (SSSR count). The summed E-state index contributed by atoms with van der Waals surface area (Å²) in [5, 5.41) is 18.6. The van der Waals surface area contributed by atoms with E-state index in [4.69, 9.17) is 20.0 Å². The van der Waals surface area contributed by atoms with Crippen LogP contribution in [0, 0.1) is 0 Å². The van der Waals surface area contributed by atoms with E-state index in [1.165, 1.54) is 0 Å². The Balaban J connectivity index is 1.02. The number of nitrogens with one attached hydrogen (secondary N) is 2. The van der Waals surface area contributed by atoms with Crippen molar-refractivity contribution in [2.24, 2.45) is 20.0 Å². The summed E-state index contributed by atoms with van der Waals surface area (Å²) < 4.78 is 63.4. The van der Waals surface area contributed by atoms with Crippen LogP contribution in [-0.4, -0.2) is 179 Å². The molecule has 91 heavy (non-hydrogen) atoms. The van der Waals surface area contributed by atoms with Gasteiger partial charge in [-0.1, -0.05) is 0 Å². The molecule has 4 aromatic carbocycles. The molecule has 26 nitrogen and oxygen atoms in total. The van der Waals surface area contributed by atoms with Crippen LogP contribution < -0.4 is 21.6 Å². The van der Waals surface area contributed by atoms with E-state index in [9.17, 15) is 70.8 Å². The molecule has 484 valence electrons. The van der Waals surface area contributed by atoms with Gasteiger partial charge in [0.2, 0.25) is 0 Å². The van der Waals surface area contributed by atoms with Crippen molar-refractivity contribution >= 4 is 121 Å². The third kappa shape index (κ3) is 10.9. The number of unbranched alkanes of at least 4 members (excludes halogenated alkanes) is 1. The van der Waals surface area contributed by atoms with Crippen LogP contribution in [0.4, 0.5) is 11.6 Å². The number of aromatic nitrogens is 2. The first-order valence-electron chi connectivity index (χ1n) is 30.9. The van der Waals surface area contributed by atoms with Crippen molar-refractivity contribution in [1.29, 1.82) is 0 Å². The second kappa shape index (κ2) is 23.0. The molecule has 0 atom stereocenters. The summed E-state index contributed by atoms with van der Waals surface area (Å²) >= 11 is 0. The molecule has 2 amide bonds. The van der Waals surface area contributed by atoms with Crippen molar-refractivity contribution in [3.8, 4) is 0 Å². The van der Waals surface area contributed by atoms with Gasteiger partial charge >= 0.3 is 475 Å². The fourth-order valence-electron chi connectivity index (χ4n) is 15.2. The quantitative estimate of drug-likeness (QED) is 0.0105. The molecular formula is C59H77N11O15P3Si3+. The summed E-state index contributed by atoms with van der Waals surface area (Å²) in [6.07, 6.45) is 0.00650. The van der Waals surface area contributed by atoms with Gasteiger partial charge in [-0.3, -0.25) is 18.5 Å². The van der Waals surface area contributed by atoms with Crippen LogP contribution in [0.3, 0.4) is 0 Å². The molecule has 0 aliphatic carbocycles. The van der Waals surface area contributed by atoms with Crippen LogP contribution in [0.2, 0.25) is 38.3 Å². The number of quaternary nitrogens is 1. The Morgan fingerprint density at radius 1 is 0.516 bits per heavy atom. The number of carbonyl (C=O) groups excluding carboxylic acids is 2. The summed E-state index contributed by atoms with van der Waals surface area (Å²) in [7, 11) is -27.7. The molecule has 0 fully saturated rings. The number of carboxylic acids is 1. The van der Waals surface area contributed by atoms with Gasteiger partial charge in [0.1, 0.15) is 0 Å². The van der Waals surface area contributed by atoms with E-state index >= 15 is 0 Å². The first kappa shape index (κ1) is 64.7. The van der Waals surface area contributed by atoms with Gasteiger partial charge in [-0.05, 0) is 0 Å². The molecule has 0 unspecified atom stereocenters. The number of hydrogen-bond acceptors (Lipinski definition) is 12. The molecule has 6 aromatic rings. The Kier molecular flexibility index (Phi) is 16.3. The second-order valence-corrected chi connectivity index (χ2v) is 45.7. The van der Waals surface area contributed by atoms with E-state index in [2.05, 4.69) is 53.8 Å². The number of benzene rings is 4. The molecule has 8 heterocycles. The monoisotopic (exact) mass is 1360 g/mol. The predicted octanol–water partition coefficient (Wildman–Crippen LogP) is 5.95. The van der Waals surface area contributed by atoms with Crippen molar-refractivity contribution in [1.82, 2.24) is 19.1 Å². The van der Waals surface area contributed by atoms with Crippen molar-refractivity contribution in [3.63, 3.8) is 0 Å². The Hall–Kier alpha value is -6.37. The number of amidine groups is 4. The van der Waals surface area contributed by atoms with Gasteiger partial charge in [-0.25, -0.2) is 0 Å². The summed E-state index contributed by atoms with van der Waals surface area (Å²) in [5.41, 5.74) is 4.29. The van der Waals surface area contributed by atoms with E-state index in [-0.39, 0.29) is 75.2 Å². The molecular weight excluding hydrogens is 1280 g/mol. The Labute approximate surface area is 525 Å². The van der Waals surface area contributed by atoms with Crippen LogP contribution in [0.1, 0.15) is 80.0 Å². The van der Waals surface area contributed by atoms with Gasteiger partial charge in [0.25, 0.3) is 0 Å². The molecule has 0 radical (unpaired) electrons. The topological polar surface area (TPSA) is 352 Å². The second-order valence-electron chi connectivity index (χ2n) is 26.1. The van der Waals surface area contributed by atoms with Crippen molar-refractivity contribution in [3.05, 3.63) is 130 Å². The number of rotatable bonds is 31. The molecule has 0 saturated carbocycles. The number of amides is 2. The number of fused-ring (bicyclic) bond motifs is 12. The van der Waals surface area contributed by atoms with Gasteiger partial charge in [-0.2, -0.15) is 0 Å². The minimum atomic E-state index is -7.16. The minimum absolute atomic E-state index is 0.0155. The van der Waals surface area contributed by atoms with Crippen LogP contribution in [0.15, 0.2) is 117 Å². The van der Waals surface area contributed by atoms with Gasteiger partial charge < -0.3 is 34.5 Å². The zero-order chi connectivity index (χ0) is 64.8. The van der Waals surface area contributed by atoms with E-state index in [1.54, 1.807) is 0 Å². The summed E-state index contributed by atoms with van der Waals surface area (Å²) in [6, 6.07) is 33.1. The Bertz CT molecular complexity index is 4280. The molecule has 32 heteroatoms. The zero-order valence-electron chi connectivity index (χ0n) is 51.1. The fraction of sp³-hybridized carbons (Fsp3) is 0.407. The van der Waals surface area contributed by atoms with Gasteiger partial charge in [0.05, 0.1) is 0 Å². The maximum absolute atomic E-state index is 14.5. The van der Waals surface area contributed by atoms with Crippen LogP contribution >= 0.6 is 22.8 Å². The Morgan fingerprint density at radius 2 is 0.901 bits per heavy atom. The number of carbonyl (C=O) groups is 3. The van der Waals surface area contributed by atoms with Crippen LogP contribution in [0.5, 0.6) is 0 Å². The average molecular weight is 1360 g/mol. The summed E-state index contributed by atoms with van der Waals surface area (Å²) in [6.45, 7) is 8.72. The summed E-state index contributed by atoms with van der Waals surface area (Å²) in [5.74, 6) is 1.74. The molecule has 6 aliphatic heterocycles. The number of aliphatic imine (C=N–C) groups is 2. The van der Waals surface area contributed by atoms with Gasteiger partial charge in [-0.15, -0.1) is 0 Å². The molecule has 0 saturated heterocycles. The van der Waals surface area contributed by atoms with Crippen LogP contribution in [0.25, 0.3) is 21.5 Å². The summed E-state index contributed by atoms with van der Waals surface area (Å²) in [4.78, 5) is 121. The normalized spacial score (nSPS) is 17.7. The maximum atomic E-state index is 14.5. The number of hydrogen-bond donors (Lipinski definition) is 9. The van der Waals surface area contributed by atoms with E-state index in [0.29, 0.717) is 90.3 Å². The number of aliphatic carboxylic acids is 1. The van der Waals surface area contributed by atoms with Crippen molar-refractivity contribution < 1.29 is 83.7 Å². The molecule has 1 spiro atoms. The van der Waals surface area contributed by atoms with E-state index < -0.39 is 77.5 Å².